The molecule has 3 heteroatoms. The van der Waals surface area contributed by atoms with Crippen LogP contribution in [0.3, 0.4) is 0 Å². The zero-order valence-corrected chi connectivity index (χ0v) is 11.4. The molecule has 1 unspecified atom stereocenters. The highest BCUT2D eigenvalue weighted by Gasteiger charge is 2.55. The summed E-state index contributed by atoms with van der Waals surface area (Å²) in [6.07, 6.45) is 1.01. The minimum atomic E-state index is -0.228. The van der Waals surface area contributed by atoms with Gasteiger partial charge in [-0.1, -0.05) is 24.3 Å². The van der Waals surface area contributed by atoms with Gasteiger partial charge in [-0.15, -0.1) is 0 Å². The van der Waals surface area contributed by atoms with Crippen LogP contribution >= 0.6 is 0 Å². The van der Waals surface area contributed by atoms with E-state index in [-0.39, 0.29) is 17.0 Å². The molecule has 0 saturated heterocycles. The Morgan fingerprint density at radius 3 is 1.80 bits per heavy atom. The van der Waals surface area contributed by atoms with Gasteiger partial charge < -0.3 is 5.32 Å². The van der Waals surface area contributed by atoms with Crippen molar-refractivity contribution in [3.63, 3.8) is 0 Å². The number of hydrogen-bond donors (Lipinski definition) is 1. The van der Waals surface area contributed by atoms with Crippen molar-refractivity contribution in [3.8, 4) is 0 Å². The summed E-state index contributed by atoms with van der Waals surface area (Å²) >= 11 is 0. The monoisotopic (exact) mass is 273 g/mol. The highest BCUT2D eigenvalue weighted by atomic mass is 19.1. The first kappa shape index (κ1) is 13.3. The summed E-state index contributed by atoms with van der Waals surface area (Å²) < 4.78 is 26.3. The summed E-state index contributed by atoms with van der Waals surface area (Å²) in [5.41, 5.74) is 2.10. The van der Waals surface area contributed by atoms with Gasteiger partial charge in [0.15, 0.2) is 0 Å². The number of rotatable bonds is 4. The van der Waals surface area contributed by atoms with E-state index in [1.165, 1.54) is 24.3 Å². The molecule has 3 rings (SSSR count). The Labute approximate surface area is 117 Å². The second kappa shape index (κ2) is 4.98. The normalized spacial score (nSPS) is 19.9. The van der Waals surface area contributed by atoms with Crippen molar-refractivity contribution in [3.05, 3.63) is 71.3 Å². The first-order chi connectivity index (χ1) is 9.66. The van der Waals surface area contributed by atoms with Gasteiger partial charge in [0.2, 0.25) is 0 Å². The van der Waals surface area contributed by atoms with Crippen LogP contribution in [-0.4, -0.2) is 13.6 Å². The van der Waals surface area contributed by atoms with Crippen molar-refractivity contribution in [2.24, 2.45) is 5.92 Å². The van der Waals surface area contributed by atoms with Crippen LogP contribution in [0.25, 0.3) is 0 Å². The van der Waals surface area contributed by atoms with Crippen molar-refractivity contribution in [2.45, 2.75) is 11.8 Å². The molecule has 20 heavy (non-hydrogen) atoms. The van der Waals surface area contributed by atoms with Gasteiger partial charge >= 0.3 is 0 Å². The maximum atomic E-state index is 13.1. The highest BCUT2D eigenvalue weighted by Crippen LogP contribution is 2.58. The molecule has 1 aliphatic rings. The molecule has 0 radical (unpaired) electrons. The average molecular weight is 273 g/mol. The van der Waals surface area contributed by atoms with E-state index in [0.717, 1.165) is 24.1 Å². The van der Waals surface area contributed by atoms with Crippen molar-refractivity contribution in [1.82, 2.24) is 5.32 Å². The molecule has 1 atom stereocenters. The average Bonchev–Trinajstić information content (AvgIpc) is 3.16. The fraction of sp³-hybridized carbons (Fsp3) is 0.294. The second-order valence-corrected chi connectivity index (χ2v) is 5.44. The molecule has 0 aliphatic heterocycles. The first-order valence-corrected chi connectivity index (χ1v) is 6.83. The van der Waals surface area contributed by atoms with Crippen molar-refractivity contribution in [1.29, 1.82) is 0 Å². The number of nitrogens with one attached hydrogen (secondary N) is 1. The molecular weight excluding hydrogens is 256 g/mol. The molecule has 1 saturated carbocycles. The van der Waals surface area contributed by atoms with E-state index < -0.39 is 0 Å². The minimum absolute atomic E-state index is 0.107. The predicted octanol–water partition coefficient (Wildman–Crippen LogP) is 3.49. The Kier molecular flexibility index (Phi) is 3.30. The molecule has 104 valence electrons. The van der Waals surface area contributed by atoms with Gasteiger partial charge in [-0.05, 0) is 61.3 Å². The molecule has 1 N–H and O–H groups in total. The zero-order valence-electron chi connectivity index (χ0n) is 11.4. The summed E-state index contributed by atoms with van der Waals surface area (Å²) in [5, 5.41) is 3.20. The van der Waals surface area contributed by atoms with E-state index in [4.69, 9.17) is 0 Å². The van der Waals surface area contributed by atoms with Crippen molar-refractivity contribution >= 4 is 0 Å². The van der Waals surface area contributed by atoms with Gasteiger partial charge in [0, 0.05) is 5.41 Å². The first-order valence-electron chi connectivity index (χ1n) is 6.83. The highest BCUT2D eigenvalue weighted by molar-refractivity contribution is 5.47. The molecular formula is C17H17F2N. The predicted molar refractivity (Wildman–Crippen MR) is 75.6 cm³/mol. The van der Waals surface area contributed by atoms with E-state index in [9.17, 15) is 8.78 Å². The molecule has 1 aliphatic carbocycles. The van der Waals surface area contributed by atoms with Crippen LogP contribution in [0.5, 0.6) is 0 Å². The van der Waals surface area contributed by atoms with E-state index in [2.05, 4.69) is 5.32 Å². The molecule has 2 aromatic rings. The quantitative estimate of drug-likeness (QED) is 0.899. The number of hydrogen-bond acceptors (Lipinski definition) is 1. The maximum Gasteiger partial charge on any atom is 0.123 e. The Hall–Kier alpha value is -1.74. The fourth-order valence-corrected chi connectivity index (χ4v) is 3.19. The zero-order chi connectivity index (χ0) is 14.2. The van der Waals surface area contributed by atoms with Crippen LogP contribution in [0.1, 0.15) is 17.5 Å². The number of benzene rings is 2. The Balaban J connectivity index is 2.02. The van der Waals surface area contributed by atoms with Gasteiger partial charge in [-0.2, -0.15) is 0 Å². The molecule has 1 fully saturated rings. The summed E-state index contributed by atoms with van der Waals surface area (Å²) in [7, 11) is 1.93. The lowest BCUT2D eigenvalue weighted by Gasteiger charge is -2.19. The lowest BCUT2D eigenvalue weighted by molar-refractivity contribution is 0.614. The topological polar surface area (TPSA) is 12.0 Å². The summed E-state index contributed by atoms with van der Waals surface area (Å²) in [5.74, 6) is 0.00562. The maximum absolute atomic E-state index is 13.1. The molecule has 0 heterocycles. The molecule has 0 spiro atoms. The van der Waals surface area contributed by atoms with E-state index in [1.54, 1.807) is 0 Å². The minimum Gasteiger partial charge on any atom is -0.319 e. The molecule has 0 amide bonds. The third kappa shape index (κ3) is 2.12. The van der Waals surface area contributed by atoms with Crippen molar-refractivity contribution in [2.75, 3.05) is 13.6 Å². The Morgan fingerprint density at radius 1 is 0.950 bits per heavy atom. The van der Waals surface area contributed by atoms with Crippen LogP contribution in [0.15, 0.2) is 48.5 Å². The lowest BCUT2D eigenvalue weighted by atomic mass is 9.85. The van der Waals surface area contributed by atoms with E-state index >= 15 is 0 Å². The molecule has 1 nitrogen and oxygen atoms in total. The molecule has 0 bridgehead atoms. The third-order valence-electron chi connectivity index (χ3n) is 4.27. The van der Waals surface area contributed by atoms with Gasteiger partial charge in [-0.3, -0.25) is 0 Å². The van der Waals surface area contributed by atoms with Crippen LogP contribution < -0.4 is 5.32 Å². The third-order valence-corrected chi connectivity index (χ3v) is 4.27. The summed E-state index contributed by atoms with van der Waals surface area (Å²) in [6.45, 7) is 0.898. The summed E-state index contributed by atoms with van der Waals surface area (Å²) in [6, 6.07) is 13.3. The largest absolute Gasteiger partial charge is 0.319 e. The summed E-state index contributed by atoms with van der Waals surface area (Å²) in [4.78, 5) is 0. The Bertz CT molecular complexity index is 544. The standard InChI is InChI=1S/C17H17F2N/c1-20-11-14-10-17(14,12-2-6-15(18)7-3-12)13-4-8-16(19)9-5-13/h2-9,14,20H,10-11H2,1H3. The van der Waals surface area contributed by atoms with Gasteiger partial charge in [0.25, 0.3) is 0 Å². The van der Waals surface area contributed by atoms with Crippen molar-refractivity contribution < 1.29 is 8.78 Å². The fourth-order valence-electron chi connectivity index (χ4n) is 3.19. The Morgan fingerprint density at radius 2 is 1.40 bits per heavy atom. The second-order valence-electron chi connectivity index (χ2n) is 5.44. The SMILES string of the molecule is CNCC1CC1(c1ccc(F)cc1)c1ccc(F)cc1. The van der Waals surface area contributed by atoms with Crippen LogP contribution in [0.2, 0.25) is 0 Å². The van der Waals surface area contributed by atoms with E-state index in [0.29, 0.717) is 5.92 Å². The smallest absolute Gasteiger partial charge is 0.123 e. The van der Waals surface area contributed by atoms with E-state index in [1.807, 2.05) is 31.3 Å². The van der Waals surface area contributed by atoms with Gasteiger partial charge in [0.05, 0.1) is 0 Å². The van der Waals surface area contributed by atoms with Crippen LogP contribution in [-0.2, 0) is 5.41 Å². The van der Waals surface area contributed by atoms with Gasteiger partial charge in [-0.25, -0.2) is 8.78 Å². The molecule has 2 aromatic carbocycles. The van der Waals surface area contributed by atoms with Crippen LogP contribution in [0, 0.1) is 17.6 Å². The lowest BCUT2D eigenvalue weighted by Crippen LogP contribution is -2.19. The van der Waals surface area contributed by atoms with Crippen LogP contribution in [0.4, 0.5) is 8.78 Å². The molecule has 0 aromatic heterocycles. The van der Waals surface area contributed by atoms with Gasteiger partial charge in [0.1, 0.15) is 11.6 Å². The number of halogens is 2.